The predicted octanol–water partition coefficient (Wildman–Crippen LogP) is 4.98. The molecule has 0 bridgehead atoms. The average molecular weight is 1110 g/mol. The maximum atomic E-state index is 13.4. The van der Waals surface area contributed by atoms with Crippen LogP contribution in [0.2, 0.25) is 0 Å². The number of hydrogen-bond acceptors (Lipinski definition) is 13. The summed E-state index contributed by atoms with van der Waals surface area (Å²) in [7, 11) is -15.3. The number of nitrogens with one attached hydrogen (secondary N) is 7. The Bertz CT molecular complexity index is 4230. The smallest absolute Gasteiger partial charge is 0.325 e. The summed E-state index contributed by atoms with van der Waals surface area (Å²) in [5, 5.41) is 13.9. The molecule has 0 saturated heterocycles. The van der Waals surface area contributed by atoms with Crippen LogP contribution in [-0.2, 0) is 61.6 Å². The minimum atomic E-state index is -5.10. The Balaban J connectivity index is 0.885. The van der Waals surface area contributed by atoms with Crippen molar-refractivity contribution in [3.63, 3.8) is 0 Å². The van der Waals surface area contributed by atoms with Gasteiger partial charge in [-0.1, -0.05) is 36.4 Å². The third-order valence-corrected chi connectivity index (χ3v) is 15.0. The van der Waals surface area contributed by atoms with Gasteiger partial charge in [-0.15, -0.1) is 0 Å². The Morgan fingerprint density at radius 2 is 0.800 bits per heavy atom. The minimum absolute atomic E-state index is 0.00554. The highest BCUT2D eigenvalue weighted by Gasteiger charge is 2.28. The third-order valence-electron chi connectivity index (χ3n) is 11.2. The second kappa shape index (κ2) is 19.3. The molecule has 0 fully saturated rings. The van der Waals surface area contributed by atoms with Crippen LogP contribution in [0.1, 0.15) is 41.4 Å². The number of fused-ring (bicyclic) bond motifs is 2. The largest absolute Gasteiger partial charge is 0.347 e. The van der Waals surface area contributed by atoms with E-state index < -0.39 is 101 Å². The summed E-state index contributed by atoms with van der Waals surface area (Å²) in [6, 6.07) is 15.3. The SMILES string of the molecule is Cn1cc(C(=O)Nc2cc(C(=O)Nc3ccc4c(S(=O)(=O)O)cccc4c3S(=O)(=O)O)c[nH]2)cc1NC(=O)Nc1cc(C(=O)Nc2cc(C(=O)Nc3ccc4c(S(=O)(=O)O)cccc4c3S(=O)(=O)O)cn2C)cn1C. The predicted molar refractivity (Wildman–Crippen MR) is 269 cm³/mol. The molecule has 4 heterocycles. The maximum Gasteiger partial charge on any atom is 0.325 e. The molecule has 8 aromatic rings. The first-order valence-electron chi connectivity index (χ1n) is 21.0. The first-order chi connectivity index (χ1) is 35.0. The summed E-state index contributed by atoms with van der Waals surface area (Å²) in [6.07, 6.45) is 5.24. The van der Waals surface area contributed by atoms with Crippen molar-refractivity contribution < 1.29 is 75.9 Å². The van der Waals surface area contributed by atoms with Crippen LogP contribution in [-0.4, -0.2) is 100 Å². The number of aryl methyl sites for hydroxylation is 3. The van der Waals surface area contributed by atoms with Gasteiger partial charge in [0.25, 0.3) is 64.1 Å². The van der Waals surface area contributed by atoms with Crippen molar-refractivity contribution >= 4 is 126 Å². The molecule has 11 N–H and O–H groups in total. The third kappa shape index (κ3) is 11.0. The molecule has 390 valence electrons. The lowest BCUT2D eigenvalue weighted by Crippen LogP contribution is -2.22. The summed E-state index contributed by atoms with van der Waals surface area (Å²) < 4.78 is 141. The molecular formula is C44H38N10O17S4. The Morgan fingerprint density at radius 3 is 1.20 bits per heavy atom. The van der Waals surface area contributed by atoms with Crippen molar-refractivity contribution in [2.45, 2.75) is 19.6 Å². The molecule has 8 rings (SSSR count). The highest BCUT2D eigenvalue weighted by atomic mass is 32.2. The maximum absolute atomic E-state index is 13.4. The molecule has 0 aliphatic rings. The first-order valence-corrected chi connectivity index (χ1v) is 26.8. The lowest BCUT2D eigenvalue weighted by molar-refractivity contribution is 0.101. The van der Waals surface area contributed by atoms with Crippen LogP contribution in [0.5, 0.6) is 0 Å². The second-order valence-corrected chi connectivity index (χ2v) is 21.9. The van der Waals surface area contributed by atoms with E-state index in [1.54, 1.807) is 0 Å². The van der Waals surface area contributed by atoms with Gasteiger partial charge in [0.05, 0.1) is 33.6 Å². The van der Waals surface area contributed by atoms with Gasteiger partial charge in [0.2, 0.25) is 0 Å². The van der Waals surface area contributed by atoms with Crippen molar-refractivity contribution in [1.82, 2.24) is 18.7 Å². The molecule has 0 saturated carbocycles. The van der Waals surface area contributed by atoms with Crippen molar-refractivity contribution in [3.05, 3.63) is 132 Å². The molecule has 0 atom stereocenters. The summed E-state index contributed by atoms with van der Waals surface area (Å²) in [5.41, 5.74) is -0.969. The second-order valence-electron chi connectivity index (χ2n) is 16.4. The van der Waals surface area contributed by atoms with E-state index in [2.05, 4.69) is 36.9 Å². The minimum Gasteiger partial charge on any atom is -0.347 e. The van der Waals surface area contributed by atoms with Crippen LogP contribution in [0.15, 0.2) is 129 Å². The summed E-state index contributed by atoms with van der Waals surface area (Å²) in [4.78, 5) is 66.1. The highest BCUT2D eigenvalue weighted by molar-refractivity contribution is 7.87. The van der Waals surface area contributed by atoms with E-state index in [1.165, 1.54) is 90.0 Å². The fourth-order valence-corrected chi connectivity index (χ4v) is 11.0. The molecule has 6 amide bonds. The lowest BCUT2D eigenvalue weighted by Gasteiger charge is -2.13. The lowest BCUT2D eigenvalue weighted by atomic mass is 10.1. The van der Waals surface area contributed by atoms with Crippen LogP contribution in [0.4, 0.5) is 39.4 Å². The van der Waals surface area contributed by atoms with Gasteiger partial charge in [-0.2, -0.15) is 33.7 Å². The quantitative estimate of drug-likeness (QED) is 0.0640. The van der Waals surface area contributed by atoms with Gasteiger partial charge in [0, 0.05) is 67.5 Å². The number of amides is 6. The normalized spacial score (nSPS) is 12.1. The molecule has 0 radical (unpaired) electrons. The van der Waals surface area contributed by atoms with Crippen LogP contribution >= 0.6 is 0 Å². The fourth-order valence-electron chi connectivity index (χ4n) is 7.88. The van der Waals surface area contributed by atoms with Gasteiger partial charge in [0.1, 0.15) is 42.9 Å². The number of carbonyl (C=O) groups excluding carboxylic acids is 5. The number of H-pyrrole nitrogens is 1. The highest BCUT2D eigenvalue weighted by Crippen LogP contribution is 2.36. The van der Waals surface area contributed by atoms with E-state index in [4.69, 9.17) is 0 Å². The van der Waals surface area contributed by atoms with E-state index in [0.29, 0.717) is 0 Å². The van der Waals surface area contributed by atoms with Crippen LogP contribution < -0.4 is 31.9 Å². The van der Waals surface area contributed by atoms with Gasteiger partial charge in [-0.3, -0.25) is 48.0 Å². The van der Waals surface area contributed by atoms with Gasteiger partial charge in [-0.05, 0) is 48.5 Å². The monoisotopic (exact) mass is 1110 g/mol. The Labute approximate surface area is 423 Å². The molecule has 31 heteroatoms. The number of hydrogen-bond donors (Lipinski definition) is 11. The van der Waals surface area contributed by atoms with Crippen molar-refractivity contribution in [2.24, 2.45) is 21.1 Å². The van der Waals surface area contributed by atoms with E-state index in [9.17, 15) is 75.9 Å². The van der Waals surface area contributed by atoms with E-state index in [1.807, 2.05) is 0 Å². The number of anilines is 6. The average Bonchev–Trinajstić information content (AvgIpc) is 4.11. The Morgan fingerprint density at radius 1 is 0.427 bits per heavy atom. The zero-order valence-electron chi connectivity index (χ0n) is 38.5. The van der Waals surface area contributed by atoms with Gasteiger partial charge < -0.3 is 40.0 Å². The number of nitrogens with zero attached hydrogens (tertiary/aromatic N) is 3. The summed E-state index contributed by atoms with van der Waals surface area (Å²) in [6.45, 7) is 0. The molecule has 75 heavy (non-hydrogen) atoms. The van der Waals surface area contributed by atoms with Gasteiger partial charge in [0.15, 0.2) is 0 Å². The number of benzene rings is 4. The van der Waals surface area contributed by atoms with Crippen molar-refractivity contribution in [1.29, 1.82) is 0 Å². The fraction of sp³-hybridized carbons (Fsp3) is 0.0682. The Kier molecular flexibility index (Phi) is 13.5. The Hall–Kier alpha value is -8.69. The first kappa shape index (κ1) is 52.6. The van der Waals surface area contributed by atoms with Crippen molar-refractivity contribution in [3.8, 4) is 0 Å². The number of urea groups is 1. The van der Waals surface area contributed by atoms with E-state index in [0.717, 1.165) is 54.6 Å². The number of aromatic nitrogens is 4. The molecule has 0 aliphatic heterocycles. The molecule has 0 unspecified atom stereocenters. The zero-order valence-corrected chi connectivity index (χ0v) is 41.7. The number of rotatable bonds is 14. The molecular weight excluding hydrogens is 1070 g/mol. The standard InChI is InChI=1S/C44H38N10O17S4/c1-52-19-23(41(56)47-31-13-11-27-29(39(31)75(69,70)71)7-5-9-33(27)73(63,64)65)15-35(52)49-43(58)25-17-37(54(3)21-25)51-44(59)50-36-16-24(20-53(36)2)42(57)48-34-14-22(18-45-34)40(55)46-30-12-10-26-28(38(30)74(66,67)68)6-4-8-32(26)72(60,61)62/h4-21,45H,1-3H3,(H,46,55)(H,47,56)(H,48,57)(H,49,58)(H2,50,51,59)(H,60,61,62)(H,63,64,65)(H,66,67,68)(H,69,70,71). The molecule has 0 aliphatic carbocycles. The van der Waals surface area contributed by atoms with E-state index >= 15 is 0 Å². The van der Waals surface area contributed by atoms with Gasteiger partial charge in [-0.25, -0.2) is 4.79 Å². The molecule has 4 aromatic heterocycles. The topological polar surface area (TPSA) is 406 Å². The van der Waals surface area contributed by atoms with Gasteiger partial charge >= 0.3 is 6.03 Å². The van der Waals surface area contributed by atoms with Crippen LogP contribution in [0, 0.1) is 0 Å². The number of carbonyl (C=O) groups is 5. The molecule has 4 aromatic carbocycles. The molecule has 27 nitrogen and oxygen atoms in total. The van der Waals surface area contributed by atoms with Crippen molar-refractivity contribution in [2.75, 3.05) is 31.9 Å². The van der Waals surface area contributed by atoms with E-state index in [-0.39, 0.29) is 67.1 Å². The number of aromatic amines is 1. The summed E-state index contributed by atoms with van der Waals surface area (Å²) >= 11 is 0. The molecule has 0 spiro atoms. The van der Waals surface area contributed by atoms with Crippen LogP contribution in [0.3, 0.4) is 0 Å². The van der Waals surface area contributed by atoms with Crippen LogP contribution in [0.25, 0.3) is 21.5 Å². The zero-order chi connectivity index (χ0) is 54.7. The summed E-state index contributed by atoms with van der Waals surface area (Å²) in [5.74, 6) is -2.83.